The Kier molecular flexibility index (Phi) is 4.97. The molecule has 2 aliphatic rings. The van der Waals surface area contributed by atoms with E-state index in [0.717, 1.165) is 18.8 Å². The molecule has 0 aromatic heterocycles. The molecule has 1 fully saturated rings. The largest absolute Gasteiger partial charge is 0.454 e. The van der Waals surface area contributed by atoms with Gasteiger partial charge in [-0.2, -0.15) is 0 Å². The molecule has 2 aromatic carbocycles. The number of carbonyl (C=O) groups excluding carboxylic acids is 1. The maximum Gasteiger partial charge on any atom is 0.280 e. The molecule has 0 unspecified atom stereocenters. The number of allylic oxidation sites excluding steroid dienone is 1. The molecular formula is C21H20N2O5. The number of nitro groups is 1. The third-order valence-corrected chi connectivity index (χ3v) is 5.01. The van der Waals surface area contributed by atoms with Crippen LogP contribution in [0.25, 0.3) is 6.08 Å². The Hall–Kier alpha value is -3.35. The van der Waals surface area contributed by atoms with Crippen molar-refractivity contribution in [2.45, 2.75) is 19.3 Å². The molecule has 2 aliphatic heterocycles. The number of ether oxygens (including phenoxy) is 2. The summed E-state index contributed by atoms with van der Waals surface area (Å²) in [6, 6.07) is 10.3. The maximum absolute atomic E-state index is 12.5. The van der Waals surface area contributed by atoms with Gasteiger partial charge in [-0.3, -0.25) is 14.9 Å². The van der Waals surface area contributed by atoms with Gasteiger partial charge in [0.05, 0.1) is 16.6 Å². The van der Waals surface area contributed by atoms with Crippen molar-refractivity contribution in [3.8, 4) is 11.5 Å². The third-order valence-electron chi connectivity index (χ3n) is 5.01. The molecule has 0 N–H and O–H groups in total. The van der Waals surface area contributed by atoms with E-state index < -0.39 is 4.92 Å². The fraction of sp³-hybridized carbons (Fsp3) is 0.286. The average Bonchev–Trinajstić information content (AvgIpc) is 3.19. The van der Waals surface area contributed by atoms with Gasteiger partial charge in [0.25, 0.3) is 5.69 Å². The van der Waals surface area contributed by atoms with Gasteiger partial charge in [-0.05, 0) is 61.7 Å². The normalized spacial score (nSPS) is 15.8. The number of ketones is 1. The van der Waals surface area contributed by atoms with E-state index in [0.29, 0.717) is 22.6 Å². The molecule has 28 heavy (non-hydrogen) atoms. The highest BCUT2D eigenvalue weighted by Gasteiger charge is 2.22. The summed E-state index contributed by atoms with van der Waals surface area (Å²) in [5, 5.41) is 11.3. The summed E-state index contributed by atoms with van der Waals surface area (Å²) in [4.78, 5) is 25.6. The lowest BCUT2D eigenvalue weighted by atomic mass is 10.1. The van der Waals surface area contributed by atoms with Crippen molar-refractivity contribution < 1.29 is 19.2 Å². The first-order valence-electron chi connectivity index (χ1n) is 9.27. The Morgan fingerprint density at radius 3 is 2.39 bits per heavy atom. The van der Waals surface area contributed by atoms with Gasteiger partial charge in [-0.25, -0.2) is 0 Å². The van der Waals surface area contributed by atoms with Crippen molar-refractivity contribution in [1.29, 1.82) is 0 Å². The number of nitrogens with zero attached hydrogens (tertiary/aromatic N) is 2. The van der Waals surface area contributed by atoms with E-state index in [-0.39, 0.29) is 18.3 Å². The molecule has 0 aliphatic carbocycles. The lowest BCUT2D eigenvalue weighted by Gasteiger charge is -2.28. The molecule has 7 nitrogen and oxygen atoms in total. The summed E-state index contributed by atoms with van der Waals surface area (Å²) in [6.07, 6.45) is 6.45. The number of benzene rings is 2. The zero-order chi connectivity index (χ0) is 19.5. The molecule has 0 spiro atoms. The van der Waals surface area contributed by atoms with Gasteiger partial charge in [0.1, 0.15) is 0 Å². The number of hydrogen-bond acceptors (Lipinski definition) is 6. The Balaban J connectivity index is 1.52. The molecule has 0 amide bonds. The quantitative estimate of drug-likeness (QED) is 0.334. The SMILES string of the molecule is O=C(/C=C/c1cc2c(cc1[N+](=O)[O-])OCO2)c1ccc(N2CCCCC2)cc1. The minimum atomic E-state index is -0.500. The van der Waals surface area contributed by atoms with Crippen molar-refractivity contribution in [3.05, 3.63) is 63.7 Å². The molecule has 4 rings (SSSR count). The van der Waals surface area contributed by atoms with Gasteiger partial charge >= 0.3 is 0 Å². The van der Waals surface area contributed by atoms with Crippen LogP contribution in [0.15, 0.2) is 42.5 Å². The Morgan fingerprint density at radius 2 is 1.71 bits per heavy atom. The molecule has 2 aromatic rings. The van der Waals surface area contributed by atoms with E-state index in [9.17, 15) is 14.9 Å². The summed E-state index contributed by atoms with van der Waals surface area (Å²) < 4.78 is 10.4. The minimum Gasteiger partial charge on any atom is -0.454 e. The monoisotopic (exact) mass is 380 g/mol. The maximum atomic E-state index is 12.5. The minimum absolute atomic E-state index is 0.0297. The van der Waals surface area contributed by atoms with Crippen molar-refractivity contribution >= 4 is 23.2 Å². The lowest BCUT2D eigenvalue weighted by molar-refractivity contribution is -0.385. The first kappa shape index (κ1) is 18.0. The van der Waals surface area contributed by atoms with Crippen molar-refractivity contribution in [2.75, 3.05) is 24.8 Å². The number of rotatable bonds is 5. The van der Waals surface area contributed by atoms with Crippen LogP contribution >= 0.6 is 0 Å². The standard InChI is InChI=1S/C21H20N2O5/c24-19(15-4-7-17(8-5-15)22-10-2-1-3-11-22)9-6-16-12-20-21(28-14-27-20)13-18(16)23(25)26/h4-9,12-13H,1-3,10-11,14H2/b9-6+. The number of piperidine rings is 1. The van der Waals surface area contributed by atoms with E-state index in [1.807, 2.05) is 12.1 Å². The van der Waals surface area contributed by atoms with E-state index in [1.165, 1.54) is 43.5 Å². The lowest BCUT2D eigenvalue weighted by Crippen LogP contribution is -2.29. The number of hydrogen-bond donors (Lipinski definition) is 0. The van der Waals surface area contributed by atoms with E-state index in [4.69, 9.17) is 9.47 Å². The van der Waals surface area contributed by atoms with Gasteiger partial charge in [0.15, 0.2) is 17.3 Å². The van der Waals surface area contributed by atoms with Crippen molar-refractivity contribution in [2.24, 2.45) is 0 Å². The smallest absolute Gasteiger partial charge is 0.280 e. The highest BCUT2D eigenvalue weighted by Crippen LogP contribution is 2.38. The van der Waals surface area contributed by atoms with Gasteiger partial charge in [0, 0.05) is 24.3 Å². The van der Waals surface area contributed by atoms with Crippen LogP contribution in [-0.4, -0.2) is 30.6 Å². The van der Waals surface area contributed by atoms with Crippen LogP contribution in [0.3, 0.4) is 0 Å². The van der Waals surface area contributed by atoms with E-state index in [1.54, 1.807) is 12.1 Å². The highest BCUT2D eigenvalue weighted by molar-refractivity contribution is 6.07. The Labute approximate surface area is 162 Å². The number of carbonyl (C=O) groups is 1. The van der Waals surface area contributed by atoms with Crippen LogP contribution in [-0.2, 0) is 0 Å². The van der Waals surface area contributed by atoms with Crippen LogP contribution < -0.4 is 14.4 Å². The molecule has 0 radical (unpaired) electrons. The van der Waals surface area contributed by atoms with Crippen LogP contribution in [0.2, 0.25) is 0 Å². The molecule has 0 atom stereocenters. The molecule has 7 heteroatoms. The number of nitro benzene ring substituents is 1. The Morgan fingerprint density at radius 1 is 1.04 bits per heavy atom. The van der Waals surface area contributed by atoms with Crippen LogP contribution in [0.5, 0.6) is 11.5 Å². The van der Waals surface area contributed by atoms with E-state index in [2.05, 4.69) is 4.90 Å². The summed E-state index contributed by atoms with van der Waals surface area (Å²) >= 11 is 0. The second-order valence-corrected chi connectivity index (χ2v) is 6.81. The van der Waals surface area contributed by atoms with Gasteiger partial charge in [-0.15, -0.1) is 0 Å². The zero-order valence-corrected chi connectivity index (χ0v) is 15.3. The first-order valence-corrected chi connectivity index (χ1v) is 9.27. The van der Waals surface area contributed by atoms with Gasteiger partial charge < -0.3 is 14.4 Å². The molecule has 1 saturated heterocycles. The number of anilines is 1. The second kappa shape index (κ2) is 7.72. The van der Waals surface area contributed by atoms with Gasteiger partial charge in [-0.1, -0.05) is 0 Å². The first-order chi connectivity index (χ1) is 13.6. The second-order valence-electron chi connectivity index (χ2n) is 6.81. The van der Waals surface area contributed by atoms with Crippen molar-refractivity contribution in [1.82, 2.24) is 0 Å². The summed E-state index contributed by atoms with van der Waals surface area (Å²) in [7, 11) is 0. The molecule has 0 saturated carbocycles. The van der Waals surface area contributed by atoms with Gasteiger partial charge in [0.2, 0.25) is 6.79 Å². The predicted octanol–water partition coefficient (Wildman–Crippen LogP) is 4.21. The topological polar surface area (TPSA) is 81.9 Å². The highest BCUT2D eigenvalue weighted by atomic mass is 16.7. The zero-order valence-electron chi connectivity index (χ0n) is 15.3. The van der Waals surface area contributed by atoms with Crippen LogP contribution in [0.4, 0.5) is 11.4 Å². The average molecular weight is 380 g/mol. The van der Waals surface area contributed by atoms with Crippen molar-refractivity contribution in [3.63, 3.8) is 0 Å². The molecule has 0 bridgehead atoms. The van der Waals surface area contributed by atoms with E-state index >= 15 is 0 Å². The van der Waals surface area contributed by atoms with Crippen LogP contribution in [0, 0.1) is 10.1 Å². The molecular weight excluding hydrogens is 360 g/mol. The summed E-state index contributed by atoms with van der Waals surface area (Å²) in [6.45, 7) is 2.11. The summed E-state index contributed by atoms with van der Waals surface area (Å²) in [5.74, 6) is 0.559. The summed E-state index contributed by atoms with van der Waals surface area (Å²) in [5.41, 5.74) is 1.83. The Bertz CT molecular complexity index is 931. The fourth-order valence-electron chi connectivity index (χ4n) is 3.49. The van der Waals surface area contributed by atoms with Crippen LogP contribution in [0.1, 0.15) is 35.2 Å². The molecule has 2 heterocycles. The molecule has 144 valence electrons. The predicted molar refractivity (Wildman–Crippen MR) is 105 cm³/mol. The number of fused-ring (bicyclic) bond motifs is 1. The fourth-order valence-corrected chi connectivity index (χ4v) is 3.49. The third kappa shape index (κ3) is 3.69.